The van der Waals surface area contributed by atoms with Crippen LogP contribution in [0.15, 0.2) is 18.2 Å². The lowest BCUT2D eigenvalue weighted by Crippen LogP contribution is -2.45. The zero-order valence-corrected chi connectivity index (χ0v) is 19.4. The highest BCUT2D eigenvalue weighted by Gasteiger charge is 2.25. The molecule has 0 saturated heterocycles. The van der Waals surface area contributed by atoms with Gasteiger partial charge in [0.2, 0.25) is 5.91 Å². The lowest BCUT2D eigenvalue weighted by molar-refractivity contribution is -0.120. The Kier molecular flexibility index (Phi) is 10.4. The van der Waals surface area contributed by atoms with E-state index in [0.717, 1.165) is 0 Å². The molecule has 10 heteroatoms. The maximum Gasteiger partial charge on any atom is 0.506 e. The summed E-state index contributed by atoms with van der Waals surface area (Å²) in [5.74, 6) is -0.778. The Morgan fingerprint density at radius 2 is 1.78 bits per heavy atom. The van der Waals surface area contributed by atoms with Crippen molar-refractivity contribution in [2.24, 2.45) is 0 Å². The predicted octanol–water partition coefficient (Wildman–Crippen LogP) is 2.01. The molecule has 0 unspecified atom stereocenters. The topological polar surface area (TPSA) is 146 Å². The van der Waals surface area contributed by atoms with Crippen LogP contribution in [-0.4, -0.2) is 66.1 Å². The van der Waals surface area contributed by atoms with Crippen LogP contribution in [-0.2, 0) is 20.9 Å². The fourth-order valence-corrected chi connectivity index (χ4v) is 2.82. The molecule has 0 aliphatic heterocycles. The first-order chi connectivity index (χ1) is 14.8. The van der Waals surface area contributed by atoms with Gasteiger partial charge in [-0.3, -0.25) is 9.59 Å². The van der Waals surface area contributed by atoms with E-state index < -0.39 is 23.2 Å². The van der Waals surface area contributed by atoms with Crippen LogP contribution in [0.5, 0.6) is 5.75 Å². The van der Waals surface area contributed by atoms with Crippen molar-refractivity contribution in [3.63, 3.8) is 0 Å². The highest BCUT2D eigenvalue weighted by Crippen LogP contribution is 2.22. The summed E-state index contributed by atoms with van der Waals surface area (Å²) in [5, 5.41) is 27.1. The molecule has 5 N–H and O–H groups in total. The van der Waals surface area contributed by atoms with Gasteiger partial charge in [0.25, 0.3) is 5.91 Å². The number of benzene rings is 1. The number of nitrogens with one attached hydrogen (secondary N) is 3. The molecule has 1 aromatic carbocycles. The smallest absolute Gasteiger partial charge is 0.506 e. The standard InChI is InChI=1S/C22H35N3O7/c1-21(2,9-11-32-22(3,4)8-10-24-18(27)13-23-5)25-19(28)16-12-15(6-7-17(16)26)14-31-20(29)30/h6-7,12,23,26H,8-11,13-14H2,1-5H3,(H,24,27)(H,25,28)(H,29,30). The molecule has 10 nitrogen and oxygen atoms in total. The van der Waals surface area contributed by atoms with E-state index in [1.165, 1.54) is 18.2 Å². The van der Waals surface area contributed by atoms with Crippen molar-refractivity contribution in [3.8, 4) is 5.75 Å². The lowest BCUT2D eigenvalue weighted by atomic mass is 9.99. The largest absolute Gasteiger partial charge is 0.507 e. The molecule has 0 aliphatic rings. The van der Waals surface area contributed by atoms with Crippen molar-refractivity contribution in [1.82, 2.24) is 16.0 Å². The second-order valence-electron chi connectivity index (χ2n) is 8.73. The van der Waals surface area contributed by atoms with Gasteiger partial charge in [0.1, 0.15) is 12.4 Å². The van der Waals surface area contributed by atoms with Gasteiger partial charge in [0.15, 0.2) is 0 Å². The van der Waals surface area contributed by atoms with E-state index in [1.807, 2.05) is 27.7 Å². The molecular formula is C22H35N3O7. The highest BCUT2D eigenvalue weighted by molar-refractivity contribution is 5.97. The lowest BCUT2D eigenvalue weighted by Gasteiger charge is -2.30. The van der Waals surface area contributed by atoms with Crippen molar-refractivity contribution < 1.29 is 34.1 Å². The maximum atomic E-state index is 12.7. The summed E-state index contributed by atoms with van der Waals surface area (Å²) in [6.07, 6.45) is -0.279. The van der Waals surface area contributed by atoms with Crippen LogP contribution in [0.25, 0.3) is 0 Å². The van der Waals surface area contributed by atoms with E-state index in [1.54, 1.807) is 7.05 Å². The average Bonchev–Trinajstić information content (AvgIpc) is 2.66. The Balaban J connectivity index is 2.56. The predicted molar refractivity (Wildman–Crippen MR) is 119 cm³/mol. The van der Waals surface area contributed by atoms with Crippen molar-refractivity contribution >= 4 is 18.0 Å². The second kappa shape index (κ2) is 12.3. The number of rotatable bonds is 13. The van der Waals surface area contributed by atoms with Crippen LogP contribution < -0.4 is 16.0 Å². The average molecular weight is 454 g/mol. The molecule has 0 atom stereocenters. The van der Waals surface area contributed by atoms with Crippen LogP contribution >= 0.6 is 0 Å². The number of phenols is 1. The van der Waals surface area contributed by atoms with E-state index in [0.29, 0.717) is 31.6 Å². The SMILES string of the molecule is CNCC(=O)NCCC(C)(C)OCCC(C)(C)NC(=O)c1cc(COC(=O)O)ccc1O. The Hall–Kier alpha value is -2.85. The Morgan fingerprint density at radius 1 is 1.09 bits per heavy atom. The number of ether oxygens (including phenoxy) is 2. The quantitative estimate of drug-likeness (QED) is 0.285. The molecule has 1 rings (SSSR count). The van der Waals surface area contributed by atoms with Gasteiger partial charge in [0, 0.05) is 18.7 Å². The van der Waals surface area contributed by atoms with Gasteiger partial charge < -0.3 is 35.6 Å². The number of carbonyl (C=O) groups excluding carboxylic acids is 2. The van der Waals surface area contributed by atoms with Gasteiger partial charge in [0.05, 0.1) is 17.7 Å². The first kappa shape index (κ1) is 27.2. The first-order valence-electron chi connectivity index (χ1n) is 10.4. The minimum atomic E-state index is -1.42. The van der Waals surface area contributed by atoms with Crippen LogP contribution in [0, 0.1) is 0 Å². The summed E-state index contributed by atoms with van der Waals surface area (Å²) in [5.41, 5.74) is -0.610. The van der Waals surface area contributed by atoms with Crippen LogP contribution in [0.4, 0.5) is 4.79 Å². The van der Waals surface area contributed by atoms with Gasteiger partial charge in [-0.25, -0.2) is 4.79 Å². The molecule has 0 spiro atoms. The molecule has 0 saturated carbocycles. The van der Waals surface area contributed by atoms with Gasteiger partial charge in [-0.1, -0.05) is 6.07 Å². The summed E-state index contributed by atoms with van der Waals surface area (Å²) in [6, 6.07) is 4.20. The molecule has 0 radical (unpaired) electrons. The van der Waals surface area contributed by atoms with Crippen LogP contribution in [0.1, 0.15) is 56.5 Å². The van der Waals surface area contributed by atoms with Gasteiger partial charge in [-0.2, -0.15) is 0 Å². The minimum absolute atomic E-state index is 0.0307. The summed E-state index contributed by atoms with van der Waals surface area (Å²) in [6.45, 7) is 8.47. The van der Waals surface area contributed by atoms with Gasteiger partial charge in [-0.15, -0.1) is 0 Å². The Morgan fingerprint density at radius 3 is 2.41 bits per heavy atom. The van der Waals surface area contributed by atoms with E-state index in [9.17, 15) is 19.5 Å². The minimum Gasteiger partial charge on any atom is -0.507 e. The zero-order valence-electron chi connectivity index (χ0n) is 19.4. The monoisotopic (exact) mass is 453 g/mol. The maximum absolute atomic E-state index is 12.7. The normalized spacial score (nSPS) is 11.7. The molecule has 0 aromatic heterocycles. The molecule has 0 fully saturated rings. The third-order valence-corrected chi connectivity index (χ3v) is 4.73. The van der Waals surface area contributed by atoms with Crippen molar-refractivity contribution in [2.45, 2.75) is 58.3 Å². The molecule has 1 aromatic rings. The summed E-state index contributed by atoms with van der Waals surface area (Å²) < 4.78 is 10.5. The fraction of sp³-hybridized carbons (Fsp3) is 0.591. The zero-order chi connectivity index (χ0) is 24.4. The van der Waals surface area contributed by atoms with E-state index in [2.05, 4.69) is 20.7 Å². The number of phenolic OH excluding ortho intramolecular Hbond substituents is 1. The molecule has 180 valence electrons. The van der Waals surface area contributed by atoms with E-state index in [4.69, 9.17) is 9.84 Å². The molecule has 0 aliphatic carbocycles. The van der Waals surface area contributed by atoms with E-state index in [-0.39, 0.29) is 30.4 Å². The van der Waals surface area contributed by atoms with Gasteiger partial charge >= 0.3 is 6.16 Å². The molecule has 32 heavy (non-hydrogen) atoms. The second-order valence-corrected chi connectivity index (χ2v) is 8.73. The number of carboxylic acid groups (broad SMARTS) is 1. The first-order valence-corrected chi connectivity index (χ1v) is 10.4. The van der Waals surface area contributed by atoms with Crippen molar-refractivity contribution in [1.29, 1.82) is 0 Å². The summed E-state index contributed by atoms with van der Waals surface area (Å²) >= 11 is 0. The summed E-state index contributed by atoms with van der Waals surface area (Å²) in [7, 11) is 1.71. The third kappa shape index (κ3) is 10.5. The number of likely N-dealkylation sites (N-methyl/N-ethyl adjacent to an activating group) is 1. The number of aromatic hydroxyl groups is 1. The third-order valence-electron chi connectivity index (χ3n) is 4.73. The van der Waals surface area contributed by atoms with Crippen molar-refractivity contribution in [2.75, 3.05) is 26.7 Å². The Bertz CT molecular complexity index is 794. The number of carbonyl (C=O) groups is 3. The van der Waals surface area contributed by atoms with Crippen LogP contribution in [0.3, 0.4) is 0 Å². The highest BCUT2D eigenvalue weighted by atomic mass is 16.7. The molecule has 0 heterocycles. The Labute approximate surface area is 188 Å². The number of amides is 2. The molecule has 2 amide bonds. The van der Waals surface area contributed by atoms with Crippen LogP contribution in [0.2, 0.25) is 0 Å². The van der Waals surface area contributed by atoms with Gasteiger partial charge in [-0.05, 0) is 65.3 Å². The molecule has 0 bridgehead atoms. The van der Waals surface area contributed by atoms with Crippen molar-refractivity contribution in [3.05, 3.63) is 29.3 Å². The fourth-order valence-electron chi connectivity index (χ4n) is 2.82. The summed E-state index contributed by atoms with van der Waals surface area (Å²) in [4.78, 5) is 34.7. The number of hydrogen-bond acceptors (Lipinski definition) is 7. The number of hydrogen-bond donors (Lipinski definition) is 5. The molecular weight excluding hydrogens is 418 g/mol. The van der Waals surface area contributed by atoms with E-state index >= 15 is 0 Å².